The van der Waals surface area contributed by atoms with E-state index in [1.807, 2.05) is 31.2 Å². The van der Waals surface area contributed by atoms with Gasteiger partial charge in [0.05, 0.1) is 10.5 Å². The Hall–Kier alpha value is -2.67. The second-order valence-corrected chi connectivity index (χ2v) is 8.33. The number of amides is 1. The highest BCUT2D eigenvalue weighted by Crippen LogP contribution is 2.31. The Morgan fingerprint density at radius 3 is 2.42 bits per heavy atom. The molecule has 0 fully saturated rings. The van der Waals surface area contributed by atoms with Crippen LogP contribution in [0.1, 0.15) is 22.8 Å². The molecule has 3 rings (SSSR count). The quantitative estimate of drug-likeness (QED) is 0.768. The number of carbonyl (C=O) groups excluding carboxylic acids is 2. The van der Waals surface area contributed by atoms with Crippen LogP contribution in [0.5, 0.6) is 0 Å². The van der Waals surface area contributed by atoms with Crippen LogP contribution in [-0.2, 0) is 25.8 Å². The predicted molar refractivity (Wildman–Crippen MR) is 96.9 cm³/mol. The number of hydrogen-bond donors (Lipinski definition) is 0. The van der Waals surface area contributed by atoms with E-state index in [4.69, 9.17) is 4.74 Å². The Labute approximate surface area is 152 Å². The van der Waals surface area contributed by atoms with Gasteiger partial charge in [-0.3, -0.25) is 4.79 Å². The number of fused-ring (bicyclic) bond motifs is 1. The molecule has 136 valence electrons. The van der Waals surface area contributed by atoms with Crippen molar-refractivity contribution in [3.8, 4) is 0 Å². The molecule has 1 aliphatic rings. The van der Waals surface area contributed by atoms with Gasteiger partial charge >= 0.3 is 5.97 Å². The molecule has 2 aromatic carbocycles. The molecule has 0 N–H and O–H groups in total. The van der Waals surface area contributed by atoms with Gasteiger partial charge in [-0.05, 0) is 49.2 Å². The van der Waals surface area contributed by atoms with E-state index >= 15 is 0 Å². The number of carbonyl (C=O) groups is 2. The smallest absolute Gasteiger partial charge is 0.338 e. The fourth-order valence-electron chi connectivity index (χ4n) is 3.06. The molecule has 0 bridgehead atoms. The molecule has 1 heterocycles. The zero-order valence-corrected chi connectivity index (χ0v) is 15.3. The summed E-state index contributed by atoms with van der Waals surface area (Å²) >= 11 is 0. The number of hydrogen-bond acceptors (Lipinski definition) is 5. The van der Waals surface area contributed by atoms with Gasteiger partial charge in [0.25, 0.3) is 5.91 Å². The zero-order valence-electron chi connectivity index (χ0n) is 14.5. The minimum Gasteiger partial charge on any atom is -0.452 e. The summed E-state index contributed by atoms with van der Waals surface area (Å²) in [5, 5.41) is 0. The van der Waals surface area contributed by atoms with Crippen LogP contribution < -0.4 is 4.90 Å². The van der Waals surface area contributed by atoms with Gasteiger partial charge in [-0.2, -0.15) is 0 Å². The minimum absolute atomic E-state index is 0.00708. The van der Waals surface area contributed by atoms with Crippen LogP contribution in [0.25, 0.3) is 0 Å². The van der Waals surface area contributed by atoms with E-state index in [-0.39, 0.29) is 29.0 Å². The molecule has 0 saturated carbocycles. The molecular formula is C19H19NO5S. The maximum atomic E-state index is 12.5. The molecule has 26 heavy (non-hydrogen) atoms. The van der Waals surface area contributed by atoms with Crippen molar-refractivity contribution >= 4 is 27.4 Å². The number of ether oxygens (including phenoxy) is 1. The fraction of sp³-hybridized carbons (Fsp3) is 0.263. The Morgan fingerprint density at radius 1 is 1.12 bits per heavy atom. The van der Waals surface area contributed by atoms with Crippen LogP contribution in [0.3, 0.4) is 0 Å². The van der Waals surface area contributed by atoms with Gasteiger partial charge < -0.3 is 9.64 Å². The highest BCUT2D eigenvalue weighted by atomic mass is 32.2. The molecular weight excluding hydrogens is 354 g/mol. The van der Waals surface area contributed by atoms with Crippen molar-refractivity contribution in [3.63, 3.8) is 0 Å². The highest BCUT2D eigenvalue weighted by Gasteiger charge is 2.31. The molecule has 6 nitrogen and oxygen atoms in total. The van der Waals surface area contributed by atoms with Gasteiger partial charge in [-0.15, -0.1) is 0 Å². The van der Waals surface area contributed by atoms with Crippen LogP contribution >= 0.6 is 0 Å². The summed E-state index contributed by atoms with van der Waals surface area (Å²) in [5.74, 6) is -0.956. The van der Waals surface area contributed by atoms with E-state index in [0.717, 1.165) is 23.9 Å². The third kappa shape index (κ3) is 3.62. The summed E-state index contributed by atoms with van der Waals surface area (Å²) in [6.07, 6.45) is 1.86. The average molecular weight is 373 g/mol. The largest absolute Gasteiger partial charge is 0.452 e. The summed E-state index contributed by atoms with van der Waals surface area (Å²) in [7, 11) is -3.33. The molecule has 1 atom stereocenters. The van der Waals surface area contributed by atoms with E-state index in [0.29, 0.717) is 0 Å². The summed E-state index contributed by atoms with van der Waals surface area (Å²) < 4.78 is 28.0. The van der Waals surface area contributed by atoms with Gasteiger partial charge in [-0.25, -0.2) is 13.2 Å². The van der Waals surface area contributed by atoms with Crippen molar-refractivity contribution in [2.45, 2.75) is 24.3 Å². The van der Waals surface area contributed by atoms with E-state index in [9.17, 15) is 18.0 Å². The first kappa shape index (κ1) is 18.1. The summed E-state index contributed by atoms with van der Waals surface area (Å²) in [5.41, 5.74) is 2.13. The third-order valence-corrected chi connectivity index (χ3v) is 5.45. The summed E-state index contributed by atoms with van der Waals surface area (Å²) in [4.78, 5) is 26.4. The first-order valence-electron chi connectivity index (χ1n) is 8.14. The van der Waals surface area contributed by atoms with Crippen molar-refractivity contribution in [2.75, 3.05) is 17.8 Å². The molecule has 0 unspecified atom stereocenters. The fourth-order valence-corrected chi connectivity index (χ4v) is 3.69. The van der Waals surface area contributed by atoms with Crippen molar-refractivity contribution in [3.05, 3.63) is 59.7 Å². The molecule has 0 radical (unpaired) electrons. The second-order valence-electron chi connectivity index (χ2n) is 6.32. The highest BCUT2D eigenvalue weighted by molar-refractivity contribution is 7.90. The lowest BCUT2D eigenvalue weighted by atomic mass is 10.1. The van der Waals surface area contributed by atoms with Gasteiger partial charge in [0.15, 0.2) is 16.4 Å². The van der Waals surface area contributed by atoms with E-state index in [1.165, 1.54) is 24.3 Å². The van der Waals surface area contributed by atoms with Gasteiger partial charge in [0, 0.05) is 18.0 Å². The lowest BCUT2D eigenvalue weighted by Crippen LogP contribution is -2.38. The van der Waals surface area contributed by atoms with Crippen LogP contribution in [0.15, 0.2) is 53.4 Å². The van der Waals surface area contributed by atoms with E-state index in [1.54, 1.807) is 4.90 Å². The monoisotopic (exact) mass is 373 g/mol. The molecule has 2 aromatic rings. The Balaban J connectivity index is 1.65. The van der Waals surface area contributed by atoms with Crippen LogP contribution in [-0.4, -0.2) is 39.2 Å². The Kier molecular flexibility index (Phi) is 4.82. The molecule has 7 heteroatoms. The minimum atomic E-state index is -3.33. The van der Waals surface area contributed by atoms with Crippen molar-refractivity contribution in [2.24, 2.45) is 0 Å². The molecule has 0 aromatic heterocycles. The standard InChI is InChI=1S/C19H19NO5S/c1-13-11-15-5-3-4-6-17(15)20(13)18(21)12-25-19(22)14-7-9-16(10-8-14)26(2,23)24/h3-10,13H,11-12H2,1-2H3/t13-/m1/s1. The molecule has 1 amide bonds. The number of rotatable bonds is 4. The summed E-state index contributed by atoms with van der Waals surface area (Å²) in [6.45, 7) is 1.58. The summed E-state index contributed by atoms with van der Waals surface area (Å²) in [6, 6.07) is 13.1. The van der Waals surface area contributed by atoms with Crippen molar-refractivity contribution < 1.29 is 22.7 Å². The Bertz CT molecular complexity index is 950. The second kappa shape index (κ2) is 6.92. The first-order valence-corrected chi connectivity index (χ1v) is 10.0. The molecule has 0 saturated heterocycles. The molecule has 1 aliphatic heterocycles. The van der Waals surface area contributed by atoms with E-state index in [2.05, 4.69) is 0 Å². The lowest BCUT2D eigenvalue weighted by Gasteiger charge is -2.22. The normalized spacial score (nSPS) is 16.2. The zero-order chi connectivity index (χ0) is 18.9. The van der Waals surface area contributed by atoms with Crippen molar-refractivity contribution in [1.29, 1.82) is 0 Å². The SMILES string of the molecule is C[C@@H]1Cc2ccccc2N1C(=O)COC(=O)c1ccc(S(C)(=O)=O)cc1. The van der Waals surface area contributed by atoms with Gasteiger partial charge in [0.2, 0.25) is 0 Å². The molecule has 0 spiro atoms. The van der Waals surface area contributed by atoms with Gasteiger partial charge in [-0.1, -0.05) is 18.2 Å². The average Bonchev–Trinajstić information content (AvgIpc) is 2.94. The van der Waals surface area contributed by atoms with Crippen LogP contribution in [0, 0.1) is 0 Å². The maximum Gasteiger partial charge on any atom is 0.338 e. The van der Waals surface area contributed by atoms with Crippen molar-refractivity contribution in [1.82, 2.24) is 0 Å². The van der Waals surface area contributed by atoms with Crippen LogP contribution in [0.2, 0.25) is 0 Å². The van der Waals surface area contributed by atoms with Crippen LogP contribution in [0.4, 0.5) is 5.69 Å². The predicted octanol–water partition coefficient (Wildman–Crippen LogP) is 2.22. The number of esters is 1. The number of para-hydroxylation sites is 1. The number of nitrogens with zero attached hydrogens (tertiary/aromatic N) is 1. The topological polar surface area (TPSA) is 80.8 Å². The third-order valence-electron chi connectivity index (χ3n) is 4.32. The number of sulfone groups is 1. The van der Waals surface area contributed by atoms with Gasteiger partial charge in [0.1, 0.15) is 0 Å². The number of benzene rings is 2. The Morgan fingerprint density at radius 2 is 1.77 bits per heavy atom. The number of anilines is 1. The van der Waals surface area contributed by atoms with E-state index < -0.39 is 15.8 Å². The molecule has 0 aliphatic carbocycles. The first-order chi connectivity index (χ1) is 12.3. The lowest BCUT2D eigenvalue weighted by molar-refractivity contribution is -0.122. The maximum absolute atomic E-state index is 12.5.